The quantitative estimate of drug-likeness (QED) is 0.205. The number of nitrogens with one attached hydrogen (secondary N) is 4. The van der Waals surface area contributed by atoms with Gasteiger partial charge in [-0.2, -0.15) is 0 Å². The number of Topliss-reactive ketones (excluding diaryl/α,β-unsaturated/α-hetero) is 1. The van der Waals surface area contributed by atoms with Crippen LogP contribution in [0.25, 0.3) is 0 Å². The van der Waals surface area contributed by atoms with Gasteiger partial charge in [0.1, 0.15) is 12.1 Å². The summed E-state index contributed by atoms with van der Waals surface area (Å²) in [6, 6.07) is -4.08. The molecule has 1 aromatic carbocycles. The van der Waals surface area contributed by atoms with Crippen LogP contribution in [0.1, 0.15) is 107 Å². The van der Waals surface area contributed by atoms with Crippen molar-refractivity contribution >= 4 is 35.2 Å². The third kappa shape index (κ3) is 7.76. The first-order valence-electron chi connectivity index (χ1n) is 17.9. The summed E-state index contributed by atoms with van der Waals surface area (Å²) in [5, 5.41) is 11.7. The van der Waals surface area contributed by atoms with Crippen molar-refractivity contribution in [1.82, 2.24) is 20.9 Å². The molecule has 50 heavy (non-hydrogen) atoms. The molecule has 1 heterocycles. The van der Waals surface area contributed by atoms with Crippen LogP contribution in [0.3, 0.4) is 0 Å². The van der Waals surface area contributed by atoms with Gasteiger partial charge in [0.15, 0.2) is 0 Å². The molecule has 0 spiro atoms. The number of fused-ring (bicyclic) bond motifs is 1. The fraction of sp³-hybridized carbons (Fsp3) is 0.757. The average molecular weight is 699 g/mol. The molecule has 2 saturated carbocycles. The molecular weight excluding hydrogens is 640 g/mol. The van der Waals surface area contributed by atoms with Crippen LogP contribution in [0, 0.1) is 34.0 Å². The Bertz CT molecular complexity index is 1600. The SMILES string of the molecule is CC(C)(C)c1c(NC[C@@H](NC(=O)N[C@H](C(=O)N2C[C@H]3[C@@H]([C@H]2C(=O)NC(CC2CCC2)C(=O)C(N)=O)C3(C)C)C(C)(C)C)C(C)(C)C)c(=O)c1=O. The van der Waals surface area contributed by atoms with Crippen LogP contribution in [0.4, 0.5) is 10.5 Å². The van der Waals surface area contributed by atoms with E-state index in [0.29, 0.717) is 18.5 Å². The first-order valence-corrected chi connectivity index (χ1v) is 17.9. The summed E-state index contributed by atoms with van der Waals surface area (Å²) >= 11 is 0. The highest BCUT2D eigenvalue weighted by Gasteiger charge is 2.70. The number of primary amides is 1. The lowest BCUT2D eigenvalue weighted by molar-refractivity contribution is -0.145. The maximum absolute atomic E-state index is 14.4. The largest absolute Gasteiger partial charge is 0.379 e. The number of likely N-dealkylation sites (tertiary alicyclic amines) is 1. The van der Waals surface area contributed by atoms with Crippen molar-refractivity contribution in [1.29, 1.82) is 0 Å². The summed E-state index contributed by atoms with van der Waals surface area (Å²) in [5.41, 5.74) is 2.98. The number of urea groups is 1. The second-order valence-electron chi connectivity index (χ2n) is 18.6. The Kier molecular flexibility index (Phi) is 10.5. The zero-order valence-electron chi connectivity index (χ0n) is 31.7. The van der Waals surface area contributed by atoms with Crippen molar-refractivity contribution in [3.63, 3.8) is 0 Å². The van der Waals surface area contributed by atoms with E-state index in [1.54, 1.807) is 0 Å². The number of carbonyl (C=O) groups is 5. The zero-order valence-corrected chi connectivity index (χ0v) is 31.7. The molecule has 6 N–H and O–H groups in total. The Morgan fingerprint density at radius 2 is 1.48 bits per heavy atom. The third-order valence-corrected chi connectivity index (χ3v) is 11.3. The van der Waals surface area contributed by atoms with Crippen molar-refractivity contribution in [3.8, 4) is 0 Å². The van der Waals surface area contributed by atoms with Gasteiger partial charge in [-0.3, -0.25) is 28.8 Å². The van der Waals surface area contributed by atoms with Gasteiger partial charge in [0.2, 0.25) is 28.5 Å². The topological polar surface area (TPSA) is 197 Å². The fourth-order valence-corrected chi connectivity index (χ4v) is 7.73. The standard InChI is InChI=1S/C37H58N6O7/c1-34(2,3)21(16-39-24-23(35(4,5)6)27(45)28(24)46)41-33(50)42-29(36(7,8)9)32(49)43-17-19-22(37(19,10)11)25(43)31(48)40-20(26(44)30(38)47)15-18-13-12-14-18/h18-22,25,29,39H,12-17H2,1-11H3,(H2,38,47)(H,40,48)(H2,41,42,50)/t19-,20?,21+,22-,25-,29+/m0/s1. The molecule has 1 aromatic rings. The first-order chi connectivity index (χ1) is 22.8. The van der Waals surface area contributed by atoms with Gasteiger partial charge in [-0.1, -0.05) is 95.4 Å². The molecule has 3 aliphatic rings. The lowest BCUT2D eigenvalue weighted by atomic mass is 9.80. The number of anilines is 1. The molecule has 0 radical (unpaired) electrons. The molecule has 4 rings (SSSR count). The molecule has 278 valence electrons. The highest BCUT2D eigenvalue weighted by atomic mass is 16.2. The smallest absolute Gasteiger partial charge is 0.315 e. The number of piperidine rings is 1. The molecular formula is C37H58N6O7. The number of hydrogen-bond donors (Lipinski definition) is 5. The summed E-state index contributed by atoms with van der Waals surface area (Å²) in [6.45, 7) is 21.4. The Morgan fingerprint density at radius 1 is 0.880 bits per heavy atom. The Morgan fingerprint density at radius 3 is 1.96 bits per heavy atom. The van der Waals surface area contributed by atoms with Crippen LogP contribution in [-0.2, 0) is 24.6 Å². The van der Waals surface area contributed by atoms with Crippen LogP contribution < -0.4 is 37.9 Å². The van der Waals surface area contributed by atoms with Gasteiger partial charge in [0.05, 0.1) is 17.8 Å². The van der Waals surface area contributed by atoms with E-state index in [4.69, 9.17) is 5.73 Å². The molecule has 6 atom stereocenters. The molecule has 0 aromatic heterocycles. The van der Waals surface area contributed by atoms with Gasteiger partial charge < -0.3 is 31.9 Å². The summed E-state index contributed by atoms with van der Waals surface area (Å²) in [5.74, 6) is -2.76. The van der Waals surface area contributed by atoms with E-state index >= 15 is 0 Å². The van der Waals surface area contributed by atoms with Gasteiger partial charge in [-0.25, -0.2) is 4.79 Å². The van der Waals surface area contributed by atoms with E-state index < -0.39 is 80.8 Å². The van der Waals surface area contributed by atoms with Crippen LogP contribution in [0.15, 0.2) is 9.59 Å². The zero-order chi connectivity index (χ0) is 37.9. The highest BCUT2D eigenvalue weighted by Crippen LogP contribution is 2.65. The minimum absolute atomic E-state index is 0.0540. The third-order valence-electron chi connectivity index (χ3n) is 11.3. The minimum atomic E-state index is -1.11. The Balaban J connectivity index is 1.52. The number of hydrogen-bond acceptors (Lipinski definition) is 8. The van der Waals surface area contributed by atoms with Gasteiger partial charge in [0, 0.05) is 18.7 Å². The summed E-state index contributed by atoms with van der Waals surface area (Å²) in [7, 11) is 0. The molecule has 3 fully saturated rings. The Labute approximate surface area is 295 Å². The van der Waals surface area contributed by atoms with Gasteiger partial charge in [-0.05, 0) is 45.8 Å². The molecule has 0 bridgehead atoms. The highest BCUT2D eigenvalue weighted by molar-refractivity contribution is 6.37. The monoisotopic (exact) mass is 698 g/mol. The molecule has 1 aliphatic heterocycles. The van der Waals surface area contributed by atoms with E-state index in [1.165, 1.54) is 4.90 Å². The van der Waals surface area contributed by atoms with Crippen molar-refractivity contribution in [2.75, 3.05) is 18.4 Å². The molecule has 1 saturated heterocycles. The van der Waals surface area contributed by atoms with Crippen LogP contribution >= 0.6 is 0 Å². The van der Waals surface area contributed by atoms with Crippen molar-refractivity contribution in [2.45, 2.75) is 131 Å². The van der Waals surface area contributed by atoms with Gasteiger partial charge in [-0.15, -0.1) is 0 Å². The number of carbonyl (C=O) groups excluding carboxylic acids is 5. The van der Waals surface area contributed by atoms with Crippen LogP contribution in [0.2, 0.25) is 0 Å². The predicted octanol–water partition coefficient (Wildman–Crippen LogP) is 2.33. The summed E-state index contributed by atoms with van der Waals surface area (Å²) in [6.07, 6.45) is 3.16. The van der Waals surface area contributed by atoms with Crippen LogP contribution in [0.5, 0.6) is 0 Å². The number of nitrogens with zero attached hydrogens (tertiary/aromatic N) is 1. The Hall–Kier alpha value is -3.77. The van der Waals surface area contributed by atoms with E-state index in [2.05, 4.69) is 21.3 Å². The normalized spacial score (nSPS) is 23.6. The first kappa shape index (κ1) is 39.0. The second kappa shape index (κ2) is 13.4. The lowest BCUT2D eigenvalue weighted by Gasteiger charge is -2.39. The number of ketones is 1. The van der Waals surface area contributed by atoms with E-state index in [0.717, 1.165) is 19.3 Å². The van der Waals surface area contributed by atoms with Gasteiger partial charge in [0.25, 0.3) is 5.91 Å². The number of rotatable bonds is 12. The summed E-state index contributed by atoms with van der Waals surface area (Å²) < 4.78 is 0. The molecule has 13 nitrogen and oxygen atoms in total. The number of amides is 5. The molecule has 13 heteroatoms. The van der Waals surface area contributed by atoms with Crippen molar-refractivity contribution in [2.24, 2.45) is 39.7 Å². The van der Waals surface area contributed by atoms with Crippen molar-refractivity contribution < 1.29 is 24.0 Å². The average Bonchev–Trinajstić information content (AvgIpc) is 3.26. The van der Waals surface area contributed by atoms with E-state index in [9.17, 15) is 33.6 Å². The van der Waals surface area contributed by atoms with E-state index in [1.807, 2.05) is 76.2 Å². The predicted molar refractivity (Wildman–Crippen MR) is 191 cm³/mol. The van der Waals surface area contributed by atoms with Gasteiger partial charge >= 0.3 is 6.03 Å². The molecule has 2 aliphatic carbocycles. The maximum Gasteiger partial charge on any atom is 0.315 e. The van der Waals surface area contributed by atoms with Crippen LogP contribution in [-0.4, -0.2) is 71.7 Å². The minimum Gasteiger partial charge on any atom is -0.379 e. The molecule has 1 unspecified atom stereocenters. The maximum atomic E-state index is 14.4. The lowest BCUT2D eigenvalue weighted by Crippen LogP contribution is -2.62. The second-order valence-corrected chi connectivity index (χ2v) is 18.6. The van der Waals surface area contributed by atoms with E-state index in [-0.39, 0.29) is 35.4 Å². The number of nitrogens with two attached hydrogens (primary N) is 1. The van der Waals surface area contributed by atoms with Crippen molar-refractivity contribution in [3.05, 3.63) is 26.0 Å². The molecule has 5 amide bonds. The summed E-state index contributed by atoms with van der Waals surface area (Å²) in [4.78, 5) is 92.9. The fourth-order valence-electron chi connectivity index (χ4n) is 7.73.